The number of nitrogens with zero attached hydrogens (tertiary/aromatic N) is 1. The average molecular weight is 256 g/mol. The summed E-state index contributed by atoms with van der Waals surface area (Å²) < 4.78 is 0. The largest absolute Gasteiger partial charge is 0.344 e. The van der Waals surface area contributed by atoms with E-state index < -0.39 is 0 Å². The summed E-state index contributed by atoms with van der Waals surface area (Å²) in [5, 5.41) is 5.42. The van der Waals surface area contributed by atoms with Gasteiger partial charge in [0.2, 0.25) is 5.91 Å². The van der Waals surface area contributed by atoms with E-state index in [9.17, 15) is 4.79 Å². The standard InChI is InChI=1S/C16H20N2O/c1-17-12-16(19)18(2)11-10-14-8-5-7-13-6-3-4-9-15(13)14/h3-9,17H,10-12H2,1-2H3. The van der Waals surface area contributed by atoms with E-state index in [1.165, 1.54) is 16.3 Å². The molecule has 0 bridgehead atoms. The van der Waals surface area contributed by atoms with E-state index >= 15 is 0 Å². The maximum absolute atomic E-state index is 11.7. The lowest BCUT2D eigenvalue weighted by atomic mass is 10.0. The zero-order valence-electron chi connectivity index (χ0n) is 11.5. The van der Waals surface area contributed by atoms with E-state index in [1.54, 1.807) is 11.9 Å². The molecule has 100 valence electrons. The van der Waals surface area contributed by atoms with Crippen LogP contribution in [0.25, 0.3) is 10.8 Å². The molecule has 0 spiro atoms. The Labute approximate surface area is 114 Å². The van der Waals surface area contributed by atoms with E-state index in [0.29, 0.717) is 6.54 Å². The molecule has 0 radical (unpaired) electrons. The summed E-state index contributed by atoms with van der Waals surface area (Å²) in [5.74, 6) is 0.128. The fraction of sp³-hybridized carbons (Fsp3) is 0.312. The molecular formula is C16H20N2O. The number of hydrogen-bond donors (Lipinski definition) is 1. The molecule has 0 saturated carbocycles. The van der Waals surface area contributed by atoms with E-state index in [2.05, 4.69) is 47.8 Å². The highest BCUT2D eigenvalue weighted by Crippen LogP contribution is 2.18. The molecule has 2 aromatic rings. The van der Waals surface area contributed by atoms with Crippen LogP contribution in [0.1, 0.15) is 5.56 Å². The van der Waals surface area contributed by atoms with Crippen molar-refractivity contribution < 1.29 is 4.79 Å². The van der Waals surface area contributed by atoms with Crippen molar-refractivity contribution in [2.75, 3.05) is 27.2 Å². The summed E-state index contributed by atoms with van der Waals surface area (Å²) in [4.78, 5) is 13.5. The van der Waals surface area contributed by atoms with Gasteiger partial charge < -0.3 is 10.2 Å². The average Bonchev–Trinajstić information content (AvgIpc) is 2.45. The molecule has 1 amide bonds. The van der Waals surface area contributed by atoms with Crippen LogP contribution in [0.15, 0.2) is 42.5 Å². The molecule has 0 aliphatic rings. The third kappa shape index (κ3) is 3.32. The quantitative estimate of drug-likeness (QED) is 0.888. The van der Waals surface area contributed by atoms with Gasteiger partial charge in [0, 0.05) is 13.6 Å². The molecule has 0 fully saturated rings. The second kappa shape index (κ2) is 6.34. The molecule has 0 aliphatic carbocycles. The Morgan fingerprint density at radius 1 is 1.16 bits per heavy atom. The SMILES string of the molecule is CNCC(=O)N(C)CCc1cccc2ccccc12. The predicted molar refractivity (Wildman–Crippen MR) is 79.2 cm³/mol. The summed E-state index contributed by atoms with van der Waals surface area (Å²) in [6, 6.07) is 14.7. The molecule has 0 aromatic heterocycles. The minimum atomic E-state index is 0.128. The monoisotopic (exact) mass is 256 g/mol. The van der Waals surface area contributed by atoms with E-state index in [1.807, 2.05) is 7.05 Å². The second-order valence-corrected chi connectivity index (χ2v) is 4.73. The Balaban J connectivity index is 2.08. The van der Waals surface area contributed by atoms with Gasteiger partial charge in [0.25, 0.3) is 0 Å². The van der Waals surface area contributed by atoms with Crippen LogP contribution in [-0.2, 0) is 11.2 Å². The van der Waals surface area contributed by atoms with Gasteiger partial charge in [-0.1, -0.05) is 42.5 Å². The molecular weight excluding hydrogens is 236 g/mol. The lowest BCUT2D eigenvalue weighted by Crippen LogP contribution is -2.35. The first-order valence-electron chi connectivity index (χ1n) is 6.57. The smallest absolute Gasteiger partial charge is 0.236 e. The number of carbonyl (C=O) groups excluding carboxylic acids is 1. The number of fused-ring (bicyclic) bond motifs is 1. The van der Waals surface area contributed by atoms with Gasteiger partial charge in [-0.25, -0.2) is 0 Å². The van der Waals surface area contributed by atoms with Gasteiger partial charge >= 0.3 is 0 Å². The Hall–Kier alpha value is -1.87. The molecule has 3 nitrogen and oxygen atoms in total. The first kappa shape index (κ1) is 13.6. The second-order valence-electron chi connectivity index (χ2n) is 4.73. The predicted octanol–water partition coefficient (Wildman–Crippen LogP) is 2.06. The fourth-order valence-electron chi connectivity index (χ4n) is 2.21. The van der Waals surface area contributed by atoms with Crippen LogP contribution in [0.4, 0.5) is 0 Å². The Morgan fingerprint density at radius 2 is 1.89 bits per heavy atom. The number of likely N-dealkylation sites (N-methyl/N-ethyl adjacent to an activating group) is 2. The van der Waals surface area contributed by atoms with E-state index in [0.717, 1.165) is 13.0 Å². The van der Waals surface area contributed by atoms with Crippen LogP contribution in [0.3, 0.4) is 0 Å². The van der Waals surface area contributed by atoms with Crippen LogP contribution < -0.4 is 5.32 Å². The molecule has 2 rings (SSSR count). The van der Waals surface area contributed by atoms with Crippen LogP contribution >= 0.6 is 0 Å². The number of rotatable bonds is 5. The van der Waals surface area contributed by atoms with Gasteiger partial charge in [-0.2, -0.15) is 0 Å². The third-order valence-corrected chi connectivity index (χ3v) is 3.35. The summed E-state index contributed by atoms with van der Waals surface area (Å²) in [6.07, 6.45) is 0.882. The Bertz CT molecular complexity index is 560. The minimum Gasteiger partial charge on any atom is -0.344 e. The van der Waals surface area contributed by atoms with Crippen molar-refractivity contribution in [3.8, 4) is 0 Å². The molecule has 3 heteroatoms. The maximum atomic E-state index is 11.7. The van der Waals surface area contributed by atoms with Crippen molar-refractivity contribution in [1.29, 1.82) is 0 Å². The summed E-state index contributed by atoms with van der Waals surface area (Å²) >= 11 is 0. The van der Waals surface area contributed by atoms with Crippen LogP contribution in [0.2, 0.25) is 0 Å². The molecule has 19 heavy (non-hydrogen) atoms. The summed E-state index contributed by atoms with van der Waals surface area (Å²) in [7, 11) is 3.64. The summed E-state index contributed by atoms with van der Waals surface area (Å²) in [6.45, 7) is 1.14. The van der Waals surface area contributed by atoms with Crippen molar-refractivity contribution in [2.45, 2.75) is 6.42 Å². The topological polar surface area (TPSA) is 32.3 Å². The Kier molecular flexibility index (Phi) is 4.53. The third-order valence-electron chi connectivity index (χ3n) is 3.35. The fourth-order valence-corrected chi connectivity index (χ4v) is 2.21. The van der Waals surface area contributed by atoms with Crippen LogP contribution in [0.5, 0.6) is 0 Å². The molecule has 0 heterocycles. The first-order valence-corrected chi connectivity index (χ1v) is 6.57. The highest BCUT2D eigenvalue weighted by Gasteiger charge is 2.08. The number of carbonyl (C=O) groups is 1. The lowest BCUT2D eigenvalue weighted by molar-refractivity contribution is -0.128. The lowest BCUT2D eigenvalue weighted by Gasteiger charge is -2.17. The van der Waals surface area contributed by atoms with E-state index in [4.69, 9.17) is 0 Å². The van der Waals surface area contributed by atoms with Gasteiger partial charge in [0.15, 0.2) is 0 Å². The van der Waals surface area contributed by atoms with Crippen molar-refractivity contribution in [3.63, 3.8) is 0 Å². The first-order chi connectivity index (χ1) is 9.22. The van der Waals surface area contributed by atoms with Gasteiger partial charge in [-0.15, -0.1) is 0 Å². The van der Waals surface area contributed by atoms with Gasteiger partial charge in [0.1, 0.15) is 0 Å². The number of hydrogen-bond acceptors (Lipinski definition) is 2. The van der Waals surface area contributed by atoms with Crippen molar-refractivity contribution in [1.82, 2.24) is 10.2 Å². The number of nitrogens with one attached hydrogen (secondary N) is 1. The molecule has 2 aromatic carbocycles. The molecule has 1 N–H and O–H groups in total. The molecule has 0 unspecified atom stereocenters. The number of amides is 1. The highest BCUT2D eigenvalue weighted by molar-refractivity contribution is 5.85. The highest BCUT2D eigenvalue weighted by atomic mass is 16.2. The maximum Gasteiger partial charge on any atom is 0.236 e. The van der Waals surface area contributed by atoms with Crippen LogP contribution in [-0.4, -0.2) is 38.0 Å². The Morgan fingerprint density at radius 3 is 2.68 bits per heavy atom. The normalized spacial score (nSPS) is 10.6. The van der Waals surface area contributed by atoms with Gasteiger partial charge in [-0.3, -0.25) is 4.79 Å². The van der Waals surface area contributed by atoms with Gasteiger partial charge in [0.05, 0.1) is 6.54 Å². The number of benzene rings is 2. The molecule has 0 aliphatic heterocycles. The van der Waals surface area contributed by atoms with Crippen molar-refractivity contribution in [2.24, 2.45) is 0 Å². The molecule has 0 saturated heterocycles. The van der Waals surface area contributed by atoms with E-state index in [-0.39, 0.29) is 5.91 Å². The molecule has 0 atom stereocenters. The zero-order chi connectivity index (χ0) is 13.7. The van der Waals surface area contributed by atoms with Crippen molar-refractivity contribution >= 4 is 16.7 Å². The van der Waals surface area contributed by atoms with Crippen molar-refractivity contribution in [3.05, 3.63) is 48.0 Å². The minimum absolute atomic E-state index is 0.128. The zero-order valence-corrected chi connectivity index (χ0v) is 11.5. The van der Waals surface area contributed by atoms with Gasteiger partial charge in [-0.05, 0) is 29.8 Å². The summed E-state index contributed by atoms with van der Waals surface area (Å²) in [5.41, 5.74) is 1.29. The van der Waals surface area contributed by atoms with Crippen LogP contribution in [0, 0.1) is 0 Å².